The largest absolute Gasteiger partial charge is 0.336 e. The van der Waals surface area contributed by atoms with E-state index < -0.39 is 6.03 Å². The predicted molar refractivity (Wildman–Crippen MR) is 78.6 cm³/mol. The maximum atomic E-state index is 12.0. The minimum Gasteiger partial charge on any atom is -0.336 e. The molecule has 0 saturated carbocycles. The molecule has 4 amide bonds. The average molecular weight is 305 g/mol. The Hall–Kier alpha value is -2.38. The average Bonchev–Trinajstić information content (AvgIpc) is 2.94. The molecule has 8 nitrogen and oxygen atoms in total. The molecule has 118 valence electrons. The Morgan fingerprint density at radius 3 is 2.91 bits per heavy atom. The number of amides is 4. The van der Waals surface area contributed by atoms with Crippen LogP contribution in [0.4, 0.5) is 9.59 Å². The summed E-state index contributed by atoms with van der Waals surface area (Å²) in [5.74, 6) is 0. The molecule has 0 aromatic carbocycles. The van der Waals surface area contributed by atoms with Gasteiger partial charge in [0.2, 0.25) is 0 Å². The number of fused-ring (bicyclic) bond motifs is 1. The van der Waals surface area contributed by atoms with E-state index in [9.17, 15) is 14.4 Å². The molecule has 2 heterocycles. The number of hydrogen-bond donors (Lipinski definition) is 2. The second kappa shape index (κ2) is 6.17. The van der Waals surface area contributed by atoms with E-state index in [4.69, 9.17) is 0 Å². The summed E-state index contributed by atoms with van der Waals surface area (Å²) in [6, 6.07) is 0.819. The van der Waals surface area contributed by atoms with E-state index in [1.807, 2.05) is 0 Å². The fourth-order valence-corrected chi connectivity index (χ4v) is 2.79. The lowest BCUT2D eigenvalue weighted by atomic mass is 9.97. The first kappa shape index (κ1) is 14.6. The van der Waals surface area contributed by atoms with Gasteiger partial charge in [0.05, 0.1) is 12.2 Å². The zero-order valence-corrected chi connectivity index (χ0v) is 12.3. The number of nitrogens with zero attached hydrogens (tertiary/aromatic N) is 3. The Labute approximate surface area is 127 Å². The van der Waals surface area contributed by atoms with Gasteiger partial charge in [-0.2, -0.15) is 5.10 Å². The van der Waals surface area contributed by atoms with Crippen LogP contribution in [0.2, 0.25) is 0 Å². The van der Waals surface area contributed by atoms with E-state index >= 15 is 0 Å². The fourth-order valence-electron chi connectivity index (χ4n) is 2.79. The Kier molecular flexibility index (Phi) is 4.08. The molecule has 1 fully saturated rings. The molecule has 1 aromatic rings. The number of rotatable bonds is 3. The Morgan fingerprint density at radius 1 is 1.32 bits per heavy atom. The first-order valence-electron chi connectivity index (χ1n) is 7.58. The summed E-state index contributed by atoms with van der Waals surface area (Å²) >= 11 is 0. The monoisotopic (exact) mass is 305 g/mol. The zero-order valence-electron chi connectivity index (χ0n) is 12.3. The van der Waals surface area contributed by atoms with Crippen LogP contribution >= 0.6 is 0 Å². The molecule has 1 aliphatic carbocycles. The van der Waals surface area contributed by atoms with Gasteiger partial charge in [0.15, 0.2) is 0 Å². The van der Waals surface area contributed by atoms with Crippen LogP contribution in [0.3, 0.4) is 0 Å². The van der Waals surface area contributed by atoms with Crippen molar-refractivity contribution >= 4 is 12.1 Å². The second-order valence-corrected chi connectivity index (χ2v) is 5.50. The van der Waals surface area contributed by atoms with Crippen LogP contribution in [0.1, 0.15) is 24.1 Å². The van der Waals surface area contributed by atoms with Crippen molar-refractivity contribution in [3.8, 4) is 0 Å². The normalized spacial score (nSPS) is 17.1. The van der Waals surface area contributed by atoms with Gasteiger partial charge in [-0.3, -0.25) is 4.79 Å². The first-order chi connectivity index (χ1) is 10.6. The SMILES string of the molecule is O=C1NCCN1C(=O)NCCn1nc2c(cc1=O)CCCC2. The lowest BCUT2D eigenvalue weighted by Crippen LogP contribution is -2.43. The summed E-state index contributed by atoms with van der Waals surface area (Å²) in [7, 11) is 0. The minimum atomic E-state index is -0.444. The van der Waals surface area contributed by atoms with Crippen molar-refractivity contribution in [1.29, 1.82) is 0 Å². The molecule has 2 aliphatic rings. The van der Waals surface area contributed by atoms with Crippen molar-refractivity contribution < 1.29 is 9.59 Å². The molecular weight excluding hydrogens is 286 g/mol. The van der Waals surface area contributed by atoms with Crippen LogP contribution in [0.25, 0.3) is 0 Å². The predicted octanol–water partition coefficient (Wildman–Crippen LogP) is -0.143. The summed E-state index contributed by atoms with van der Waals surface area (Å²) < 4.78 is 1.38. The molecule has 1 aliphatic heterocycles. The Bertz CT molecular complexity index is 654. The van der Waals surface area contributed by atoms with E-state index in [2.05, 4.69) is 15.7 Å². The third kappa shape index (κ3) is 2.95. The summed E-state index contributed by atoms with van der Waals surface area (Å²) in [6.45, 7) is 1.39. The summed E-state index contributed by atoms with van der Waals surface area (Å²) in [5.41, 5.74) is 1.88. The molecule has 0 unspecified atom stereocenters. The lowest BCUT2D eigenvalue weighted by Gasteiger charge is -2.16. The highest BCUT2D eigenvalue weighted by Gasteiger charge is 2.25. The van der Waals surface area contributed by atoms with Gasteiger partial charge in [0.1, 0.15) is 0 Å². The van der Waals surface area contributed by atoms with Crippen LogP contribution < -0.4 is 16.2 Å². The number of urea groups is 2. The van der Waals surface area contributed by atoms with Crippen molar-refractivity contribution in [2.75, 3.05) is 19.6 Å². The number of nitrogens with one attached hydrogen (secondary N) is 2. The van der Waals surface area contributed by atoms with Gasteiger partial charge in [-0.15, -0.1) is 0 Å². The number of aryl methyl sites for hydroxylation is 2. The molecule has 2 N–H and O–H groups in total. The van der Waals surface area contributed by atoms with E-state index in [0.29, 0.717) is 19.6 Å². The van der Waals surface area contributed by atoms with Crippen LogP contribution in [0.5, 0.6) is 0 Å². The van der Waals surface area contributed by atoms with Crippen LogP contribution in [0, 0.1) is 0 Å². The Balaban J connectivity index is 1.58. The number of carbonyl (C=O) groups excluding carboxylic acids is 2. The molecule has 0 radical (unpaired) electrons. The van der Waals surface area contributed by atoms with Gasteiger partial charge in [-0.1, -0.05) is 0 Å². The van der Waals surface area contributed by atoms with Gasteiger partial charge in [0, 0.05) is 25.7 Å². The van der Waals surface area contributed by atoms with Gasteiger partial charge in [-0.05, 0) is 31.2 Å². The number of aromatic nitrogens is 2. The number of carbonyl (C=O) groups is 2. The fraction of sp³-hybridized carbons (Fsp3) is 0.571. The molecule has 0 bridgehead atoms. The van der Waals surface area contributed by atoms with E-state index in [-0.39, 0.29) is 18.1 Å². The third-order valence-electron chi connectivity index (χ3n) is 3.98. The van der Waals surface area contributed by atoms with Crippen molar-refractivity contribution in [3.63, 3.8) is 0 Å². The molecule has 8 heteroatoms. The zero-order chi connectivity index (χ0) is 15.5. The molecule has 22 heavy (non-hydrogen) atoms. The van der Waals surface area contributed by atoms with Crippen LogP contribution in [-0.2, 0) is 19.4 Å². The van der Waals surface area contributed by atoms with Crippen LogP contribution in [-0.4, -0.2) is 46.4 Å². The molecule has 0 atom stereocenters. The minimum absolute atomic E-state index is 0.145. The topological polar surface area (TPSA) is 96.3 Å². The van der Waals surface area contributed by atoms with Crippen LogP contribution in [0.15, 0.2) is 10.9 Å². The van der Waals surface area contributed by atoms with Gasteiger partial charge >= 0.3 is 12.1 Å². The highest BCUT2D eigenvalue weighted by Crippen LogP contribution is 2.16. The third-order valence-corrected chi connectivity index (χ3v) is 3.98. The summed E-state index contributed by atoms with van der Waals surface area (Å²) in [5, 5.41) is 9.58. The van der Waals surface area contributed by atoms with Gasteiger partial charge in [0.25, 0.3) is 5.56 Å². The Morgan fingerprint density at radius 2 is 2.14 bits per heavy atom. The standard InChI is InChI=1S/C14H19N5O3/c20-12-9-10-3-1-2-4-11(10)17-19(12)8-6-16-14(22)18-7-5-15-13(18)21/h9H,1-8H2,(H,15,21)(H,16,22). The molecule has 1 aromatic heterocycles. The van der Waals surface area contributed by atoms with E-state index in [1.54, 1.807) is 6.07 Å². The smallest absolute Gasteiger partial charge is 0.325 e. The second-order valence-electron chi connectivity index (χ2n) is 5.50. The summed E-state index contributed by atoms with van der Waals surface area (Å²) in [6.07, 6.45) is 4.01. The van der Waals surface area contributed by atoms with Crippen molar-refractivity contribution in [3.05, 3.63) is 27.7 Å². The maximum Gasteiger partial charge on any atom is 0.325 e. The highest BCUT2D eigenvalue weighted by molar-refractivity contribution is 5.94. The number of imide groups is 1. The highest BCUT2D eigenvalue weighted by atomic mass is 16.2. The lowest BCUT2D eigenvalue weighted by molar-refractivity contribution is 0.198. The molecule has 1 saturated heterocycles. The van der Waals surface area contributed by atoms with Crippen molar-refractivity contribution in [1.82, 2.24) is 25.3 Å². The van der Waals surface area contributed by atoms with Gasteiger partial charge in [-0.25, -0.2) is 19.2 Å². The molecular formula is C14H19N5O3. The summed E-state index contributed by atoms with van der Waals surface area (Å²) in [4.78, 5) is 36.3. The van der Waals surface area contributed by atoms with Crippen molar-refractivity contribution in [2.24, 2.45) is 0 Å². The van der Waals surface area contributed by atoms with Crippen molar-refractivity contribution in [2.45, 2.75) is 32.2 Å². The number of hydrogen-bond acceptors (Lipinski definition) is 4. The van der Waals surface area contributed by atoms with E-state index in [0.717, 1.165) is 41.8 Å². The maximum absolute atomic E-state index is 12.0. The van der Waals surface area contributed by atoms with E-state index in [1.165, 1.54) is 4.68 Å². The quantitative estimate of drug-likeness (QED) is 0.812. The first-order valence-corrected chi connectivity index (χ1v) is 7.58. The van der Waals surface area contributed by atoms with Gasteiger partial charge < -0.3 is 10.6 Å². The molecule has 3 rings (SSSR count). The molecule has 0 spiro atoms.